The molecule has 1 unspecified atom stereocenters. The van der Waals surface area contributed by atoms with E-state index < -0.39 is 0 Å². The predicted octanol–water partition coefficient (Wildman–Crippen LogP) is 5.20. The van der Waals surface area contributed by atoms with E-state index in [-0.39, 0.29) is 17.8 Å². The maximum absolute atomic E-state index is 12.7. The number of furan rings is 1. The van der Waals surface area contributed by atoms with Gasteiger partial charge < -0.3 is 19.2 Å². The molecule has 1 atom stereocenters. The van der Waals surface area contributed by atoms with Crippen molar-refractivity contribution >= 4 is 34.2 Å². The number of carbonyl (C=O) groups excluding carboxylic acids is 1. The van der Waals surface area contributed by atoms with Gasteiger partial charge in [0.15, 0.2) is 5.76 Å². The number of benzene rings is 2. The first-order chi connectivity index (χ1) is 13.1. The lowest BCUT2D eigenvalue weighted by Gasteiger charge is -2.12. The lowest BCUT2D eigenvalue weighted by atomic mass is 10.1. The van der Waals surface area contributed by atoms with Crippen LogP contribution < -0.4 is 10.1 Å². The Balaban J connectivity index is 1.48. The van der Waals surface area contributed by atoms with Crippen LogP contribution in [0, 0.1) is 6.92 Å². The lowest BCUT2D eigenvalue weighted by molar-refractivity contribution is 0.0679. The number of hydrogen-bond donors (Lipinski definition) is 1. The summed E-state index contributed by atoms with van der Waals surface area (Å²) in [5.41, 5.74) is 2.04. The highest BCUT2D eigenvalue weighted by Gasteiger charge is 2.19. The highest BCUT2D eigenvalue weighted by Crippen LogP contribution is 2.29. The minimum atomic E-state index is -0.309. The largest absolute Gasteiger partial charge is 0.491 e. The fraction of sp³-hybridized carbons (Fsp3) is 0.286. The van der Waals surface area contributed by atoms with Gasteiger partial charge >= 0.3 is 0 Å². The number of carbonyl (C=O) groups is 1. The van der Waals surface area contributed by atoms with Crippen molar-refractivity contribution in [1.82, 2.24) is 0 Å². The summed E-state index contributed by atoms with van der Waals surface area (Å²) in [5.74, 6) is 0.658. The summed E-state index contributed by atoms with van der Waals surface area (Å²) in [6, 6.07) is 12.6. The van der Waals surface area contributed by atoms with Crippen molar-refractivity contribution in [3.05, 3.63) is 58.8 Å². The van der Waals surface area contributed by atoms with Crippen LogP contribution in [0.4, 0.5) is 5.69 Å². The van der Waals surface area contributed by atoms with E-state index in [1.54, 1.807) is 24.3 Å². The van der Waals surface area contributed by atoms with Gasteiger partial charge in [0.25, 0.3) is 5.91 Å². The van der Waals surface area contributed by atoms with Crippen molar-refractivity contribution in [2.45, 2.75) is 25.9 Å². The average molecular weight is 386 g/mol. The first kappa shape index (κ1) is 17.9. The summed E-state index contributed by atoms with van der Waals surface area (Å²) >= 11 is 6.04. The Labute approximate surface area is 162 Å². The molecule has 1 saturated heterocycles. The zero-order valence-electron chi connectivity index (χ0n) is 15.0. The van der Waals surface area contributed by atoms with Crippen LogP contribution in [0.25, 0.3) is 11.0 Å². The number of halogens is 1. The van der Waals surface area contributed by atoms with Crippen molar-refractivity contribution in [1.29, 1.82) is 0 Å². The Morgan fingerprint density at radius 3 is 3.00 bits per heavy atom. The van der Waals surface area contributed by atoms with Crippen LogP contribution in [-0.2, 0) is 4.74 Å². The second-order valence-electron chi connectivity index (χ2n) is 6.62. The van der Waals surface area contributed by atoms with Crippen LogP contribution in [0.3, 0.4) is 0 Å². The number of fused-ring (bicyclic) bond motifs is 1. The molecule has 140 valence electrons. The van der Waals surface area contributed by atoms with Crippen LogP contribution in [0.5, 0.6) is 5.75 Å². The molecule has 0 spiro atoms. The van der Waals surface area contributed by atoms with Gasteiger partial charge in [0.2, 0.25) is 0 Å². The van der Waals surface area contributed by atoms with E-state index in [4.69, 9.17) is 25.5 Å². The zero-order chi connectivity index (χ0) is 18.8. The van der Waals surface area contributed by atoms with Crippen LogP contribution in [0.15, 0.2) is 46.9 Å². The molecule has 5 nitrogen and oxygen atoms in total. The zero-order valence-corrected chi connectivity index (χ0v) is 15.7. The molecule has 1 fully saturated rings. The molecular weight excluding hydrogens is 366 g/mol. The van der Waals surface area contributed by atoms with E-state index in [1.165, 1.54) is 0 Å². The van der Waals surface area contributed by atoms with Crippen molar-refractivity contribution < 1.29 is 18.7 Å². The Morgan fingerprint density at radius 1 is 1.30 bits per heavy atom. The standard InChI is InChI=1S/C21H20ClNO4/c1-13-18-10-14(22)7-8-19(18)27-20(13)21(24)23-15-4-2-5-16(11-15)26-12-17-6-3-9-25-17/h2,4-5,7-8,10-11,17H,3,6,9,12H2,1H3,(H,23,24). The maximum atomic E-state index is 12.7. The molecule has 0 bridgehead atoms. The van der Waals surface area contributed by atoms with Gasteiger partial charge in [-0.1, -0.05) is 17.7 Å². The Morgan fingerprint density at radius 2 is 2.19 bits per heavy atom. The Hall–Kier alpha value is -2.50. The van der Waals surface area contributed by atoms with E-state index in [9.17, 15) is 4.79 Å². The summed E-state index contributed by atoms with van der Waals surface area (Å²) in [5, 5.41) is 4.31. The summed E-state index contributed by atoms with van der Waals surface area (Å²) in [4.78, 5) is 12.7. The van der Waals surface area contributed by atoms with Gasteiger partial charge in [-0.15, -0.1) is 0 Å². The second kappa shape index (κ2) is 7.62. The van der Waals surface area contributed by atoms with Crippen LogP contribution in [-0.4, -0.2) is 25.2 Å². The number of ether oxygens (including phenoxy) is 2. The molecule has 3 aromatic rings. The van der Waals surface area contributed by atoms with E-state index in [1.807, 2.05) is 25.1 Å². The molecule has 1 aliphatic heterocycles. The lowest BCUT2D eigenvalue weighted by Crippen LogP contribution is -2.16. The van der Waals surface area contributed by atoms with E-state index in [2.05, 4.69) is 5.32 Å². The van der Waals surface area contributed by atoms with Crippen molar-refractivity contribution in [2.24, 2.45) is 0 Å². The number of anilines is 1. The van der Waals surface area contributed by atoms with Gasteiger partial charge in [0.1, 0.15) is 17.9 Å². The number of rotatable bonds is 5. The minimum absolute atomic E-state index is 0.147. The van der Waals surface area contributed by atoms with Gasteiger partial charge in [-0.3, -0.25) is 4.79 Å². The molecule has 4 rings (SSSR count). The molecule has 2 aromatic carbocycles. The van der Waals surface area contributed by atoms with E-state index in [0.717, 1.165) is 30.4 Å². The molecule has 0 radical (unpaired) electrons. The normalized spacial score (nSPS) is 16.6. The van der Waals surface area contributed by atoms with Gasteiger partial charge in [-0.05, 0) is 50.1 Å². The molecule has 0 aliphatic carbocycles. The van der Waals surface area contributed by atoms with Crippen molar-refractivity contribution in [3.63, 3.8) is 0 Å². The number of aryl methyl sites for hydroxylation is 1. The highest BCUT2D eigenvalue weighted by atomic mass is 35.5. The smallest absolute Gasteiger partial charge is 0.291 e. The van der Waals surface area contributed by atoms with Crippen LogP contribution in [0.2, 0.25) is 5.02 Å². The molecule has 1 amide bonds. The first-order valence-corrected chi connectivity index (χ1v) is 9.32. The molecule has 27 heavy (non-hydrogen) atoms. The molecule has 1 N–H and O–H groups in total. The first-order valence-electron chi connectivity index (χ1n) is 8.94. The number of hydrogen-bond acceptors (Lipinski definition) is 4. The van der Waals surface area contributed by atoms with Crippen LogP contribution >= 0.6 is 11.6 Å². The highest BCUT2D eigenvalue weighted by molar-refractivity contribution is 6.31. The van der Waals surface area contributed by atoms with E-state index >= 15 is 0 Å². The summed E-state index contributed by atoms with van der Waals surface area (Å²) in [7, 11) is 0. The summed E-state index contributed by atoms with van der Waals surface area (Å²) in [6.07, 6.45) is 2.24. The quantitative estimate of drug-likeness (QED) is 0.655. The molecule has 1 aromatic heterocycles. The maximum Gasteiger partial charge on any atom is 0.291 e. The Bertz CT molecular complexity index is 975. The third-order valence-corrected chi connectivity index (χ3v) is 4.89. The number of amides is 1. The minimum Gasteiger partial charge on any atom is -0.491 e. The van der Waals surface area contributed by atoms with Crippen molar-refractivity contribution in [2.75, 3.05) is 18.5 Å². The average Bonchev–Trinajstić information content (AvgIpc) is 3.29. The van der Waals surface area contributed by atoms with Gasteiger partial charge in [0.05, 0.1) is 6.10 Å². The molecule has 2 heterocycles. The molecule has 6 heteroatoms. The SMILES string of the molecule is Cc1c(C(=O)Nc2cccc(OCC3CCCO3)c2)oc2ccc(Cl)cc12. The van der Waals surface area contributed by atoms with E-state index in [0.29, 0.717) is 28.6 Å². The predicted molar refractivity (Wildman–Crippen MR) is 105 cm³/mol. The van der Waals surface area contributed by atoms with Crippen molar-refractivity contribution in [3.8, 4) is 5.75 Å². The van der Waals surface area contributed by atoms with Gasteiger partial charge in [-0.2, -0.15) is 0 Å². The summed E-state index contributed by atoms with van der Waals surface area (Å²) < 4.78 is 17.1. The Kier molecular flexibility index (Phi) is 5.05. The molecular formula is C21H20ClNO4. The monoisotopic (exact) mass is 385 g/mol. The van der Waals surface area contributed by atoms with Gasteiger partial charge in [-0.25, -0.2) is 0 Å². The van der Waals surface area contributed by atoms with Crippen LogP contribution in [0.1, 0.15) is 29.0 Å². The second-order valence-corrected chi connectivity index (χ2v) is 7.06. The van der Waals surface area contributed by atoms with Gasteiger partial charge in [0, 0.05) is 34.3 Å². The molecule has 0 saturated carbocycles. The third-order valence-electron chi connectivity index (χ3n) is 4.66. The topological polar surface area (TPSA) is 60.7 Å². The summed E-state index contributed by atoms with van der Waals surface area (Å²) in [6.45, 7) is 3.16. The fourth-order valence-electron chi connectivity index (χ4n) is 3.23. The third kappa shape index (κ3) is 3.94. The number of nitrogens with one attached hydrogen (secondary N) is 1. The molecule has 1 aliphatic rings. The fourth-order valence-corrected chi connectivity index (χ4v) is 3.40.